The maximum atomic E-state index is 5.44. The van der Waals surface area contributed by atoms with Crippen molar-refractivity contribution in [2.45, 2.75) is 0 Å². The van der Waals surface area contributed by atoms with Gasteiger partial charge in [-0.05, 0) is 46.5 Å². The highest BCUT2D eigenvalue weighted by molar-refractivity contribution is 6.44. The summed E-state index contributed by atoms with van der Waals surface area (Å²) >= 11 is 0. The fraction of sp³-hybridized carbons (Fsp3) is 0. The Kier molecular flexibility index (Phi) is 6.02. The zero-order valence-electron chi connectivity index (χ0n) is 29.1. The minimum atomic E-state index is 0.659. The number of hydrogen-bond donors (Lipinski definition) is 0. The Morgan fingerprint density at radius 1 is 0.315 bits per heavy atom. The molecule has 3 aromatic heterocycles. The van der Waals surface area contributed by atoms with Gasteiger partial charge in [-0.3, -0.25) is 4.57 Å². The molecule has 3 heterocycles. The van der Waals surface area contributed by atoms with Crippen LogP contribution in [0.3, 0.4) is 0 Å². The van der Waals surface area contributed by atoms with Crippen LogP contribution in [-0.2, 0) is 0 Å². The zero-order valence-corrected chi connectivity index (χ0v) is 29.1. The van der Waals surface area contributed by atoms with Crippen molar-refractivity contribution >= 4 is 86.8 Å². The molecule has 0 unspecified atom stereocenters. The lowest BCUT2D eigenvalue weighted by Crippen LogP contribution is -2.04. The molecular formula is C50H30N4. The predicted octanol–water partition coefficient (Wildman–Crippen LogP) is 13.0. The molecule has 0 aliphatic heterocycles. The maximum absolute atomic E-state index is 5.44. The van der Waals surface area contributed by atoms with E-state index >= 15 is 0 Å². The SMILES string of the molecule is c1ccc(-c2nc(-n3c4ccccc4c4c5c6ccccc6c6c7ccccc7n(-c7ccccc7)c6c5c5ccccc5c43)nc3ccccc23)cc1. The van der Waals surface area contributed by atoms with Gasteiger partial charge in [-0.25, -0.2) is 9.97 Å². The van der Waals surface area contributed by atoms with E-state index in [9.17, 15) is 0 Å². The van der Waals surface area contributed by atoms with Crippen LogP contribution in [0.1, 0.15) is 0 Å². The van der Waals surface area contributed by atoms with Crippen LogP contribution in [0.2, 0.25) is 0 Å². The number of aromatic nitrogens is 4. The highest BCUT2D eigenvalue weighted by Gasteiger charge is 2.26. The van der Waals surface area contributed by atoms with Crippen LogP contribution >= 0.6 is 0 Å². The fourth-order valence-electron chi connectivity index (χ4n) is 9.13. The van der Waals surface area contributed by atoms with Crippen LogP contribution < -0.4 is 0 Å². The lowest BCUT2D eigenvalue weighted by atomic mass is 9.90. The summed E-state index contributed by atoms with van der Waals surface area (Å²) in [6.07, 6.45) is 0. The molecule has 0 aliphatic carbocycles. The summed E-state index contributed by atoms with van der Waals surface area (Å²) in [7, 11) is 0. The van der Waals surface area contributed by atoms with Gasteiger partial charge < -0.3 is 4.57 Å². The van der Waals surface area contributed by atoms with Crippen molar-refractivity contribution in [3.63, 3.8) is 0 Å². The Balaban J connectivity index is 1.37. The van der Waals surface area contributed by atoms with E-state index in [1.54, 1.807) is 0 Å². The molecule has 0 saturated heterocycles. The molecule has 250 valence electrons. The van der Waals surface area contributed by atoms with E-state index in [4.69, 9.17) is 9.97 Å². The molecule has 0 saturated carbocycles. The highest BCUT2D eigenvalue weighted by atomic mass is 15.2. The first-order valence-corrected chi connectivity index (χ1v) is 18.4. The summed E-state index contributed by atoms with van der Waals surface area (Å²) in [5.74, 6) is 0.659. The van der Waals surface area contributed by atoms with Crippen LogP contribution in [0.25, 0.3) is 110 Å². The van der Waals surface area contributed by atoms with Gasteiger partial charge in [0.25, 0.3) is 0 Å². The van der Waals surface area contributed by atoms with E-state index in [-0.39, 0.29) is 0 Å². The highest BCUT2D eigenvalue weighted by Crippen LogP contribution is 2.50. The monoisotopic (exact) mass is 686 g/mol. The summed E-state index contributed by atoms with van der Waals surface area (Å²) in [6, 6.07) is 65.2. The number of benzene rings is 9. The minimum absolute atomic E-state index is 0.659. The Labute approximate surface area is 309 Å². The Morgan fingerprint density at radius 3 is 1.50 bits per heavy atom. The van der Waals surface area contributed by atoms with Crippen molar-refractivity contribution in [1.29, 1.82) is 0 Å². The van der Waals surface area contributed by atoms with Gasteiger partial charge in [0.05, 0.1) is 33.3 Å². The largest absolute Gasteiger partial charge is 0.309 e. The van der Waals surface area contributed by atoms with Crippen molar-refractivity contribution < 1.29 is 0 Å². The van der Waals surface area contributed by atoms with Crippen molar-refractivity contribution in [2.75, 3.05) is 0 Å². The van der Waals surface area contributed by atoms with Gasteiger partial charge in [0.1, 0.15) is 0 Å². The Bertz CT molecular complexity index is 3490. The lowest BCUT2D eigenvalue weighted by molar-refractivity contribution is 1.02. The second-order valence-electron chi connectivity index (χ2n) is 14.1. The van der Waals surface area contributed by atoms with Crippen molar-refractivity contribution in [1.82, 2.24) is 19.1 Å². The molecule has 0 N–H and O–H groups in total. The Morgan fingerprint density at radius 2 is 0.796 bits per heavy atom. The number of rotatable bonds is 3. The third-order valence-electron chi connectivity index (χ3n) is 11.3. The maximum Gasteiger partial charge on any atom is 0.235 e. The van der Waals surface area contributed by atoms with Crippen molar-refractivity contribution in [2.24, 2.45) is 0 Å². The molecule has 0 radical (unpaired) electrons. The van der Waals surface area contributed by atoms with E-state index in [1.165, 1.54) is 59.5 Å². The predicted molar refractivity (Wildman–Crippen MR) is 226 cm³/mol. The number of para-hydroxylation sites is 4. The first kappa shape index (κ1) is 29.3. The van der Waals surface area contributed by atoms with Gasteiger partial charge in [0, 0.05) is 54.3 Å². The molecular weight excluding hydrogens is 657 g/mol. The number of fused-ring (bicyclic) bond motifs is 16. The summed E-state index contributed by atoms with van der Waals surface area (Å²) in [6.45, 7) is 0. The minimum Gasteiger partial charge on any atom is -0.309 e. The van der Waals surface area contributed by atoms with Crippen LogP contribution in [0.5, 0.6) is 0 Å². The summed E-state index contributed by atoms with van der Waals surface area (Å²) < 4.78 is 4.80. The molecule has 0 fully saturated rings. The smallest absolute Gasteiger partial charge is 0.235 e. The standard InChI is InChI=1S/C50H30N4/c1-3-17-31(18-4-1)47-37-25-11-14-28-40(37)51-50(52-47)54-42-30-16-13-27-39(42)46-44-34-22-8-7-21-33(34)43-38-26-12-15-29-41(38)53(32-19-5-2-6-20-32)49(43)45(44)35-23-9-10-24-36(35)48(46)54/h1-30H. The van der Waals surface area contributed by atoms with Crippen LogP contribution in [0.4, 0.5) is 0 Å². The Hall–Kier alpha value is -7.30. The molecule has 9 aromatic carbocycles. The molecule has 0 atom stereocenters. The van der Waals surface area contributed by atoms with E-state index in [1.807, 2.05) is 0 Å². The third kappa shape index (κ3) is 3.91. The van der Waals surface area contributed by atoms with Crippen LogP contribution in [0.15, 0.2) is 182 Å². The molecule has 0 bridgehead atoms. The first-order chi connectivity index (χ1) is 26.8. The topological polar surface area (TPSA) is 35.6 Å². The van der Waals surface area contributed by atoms with Crippen LogP contribution in [-0.4, -0.2) is 19.1 Å². The third-order valence-corrected chi connectivity index (χ3v) is 11.3. The van der Waals surface area contributed by atoms with Crippen molar-refractivity contribution in [3.05, 3.63) is 182 Å². The van der Waals surface area contributed by atoms with Gasteiger partial charge >= 0.3 is 0 Å². The summed E-state index contributed by atoms with van der Waals surface area (Å²) in [4.78, 5) is 10.8. The molecule has 0 amide bonds. The zero-order chi connectivity index (χ0) is 35.3. The lowest BCUT2D eigenvalue weighted by Gasteiger charge is -2.17. The van der Waals surface area contributed by atoms with E-state index in [2.05, 4.69) is 191 Å². The second kappa shape index (κ2) is 11.1. The molecule has 0 aliphatic rings. The van der Waals surface area contributed by atoms with Gasteiger partial charge in [0.15, 0.2) is 0 Å². The number of hydrogen-bond acceptors (Lipinski definition) is 2. The molecule has 54 heavy (non-hydrogen) atoms. The quantitative estimate of drug-likeness (QED) is 0.173. The number of nitrogens with zero attached hydrogens (tertiary/aromatic N) is 4. The summed E-state index contributed by atoms with van der Waals surface area (Å²) in [5.41, 5.74) is 8.65. The second-order valence-corrected chi connectivity index (χ2v) is 14.1. The molecule has 12 rings (SSSR count). The van der Waals surface area contributed by atoms with Gasteiger partial charge in [-0.2, -0.15) is 0 Å². The average Bonchev–Trinajstić information content (AvgIpc) is 3.78. The molecule has 4 nitrogen and oxygen atoms in total. The van der Waals surface area contributed by atoms with Gasteiger partial charge in [0.2, 0.25) is 5.95 Å². The van der Waals surface area contributed by atoms with Gasteiger partial charge in [-0.1, -0.05) is 152 Å². The normalized spacial score (nSPS) is 12.1. The molecule has 4 heteroatoms. The van der Waals surface area contributed by atoms with E-state index < -0.39 is 0 Å². The van der Waals surface area contributed by atoms with Crippen LogP contribution in [0, 0.1) is 0 Å². The van der Waals surface area contributed by atoms with E-state index in [0.717, 1.165) is 44.3 Å². The van der Waals surface area contributed by atoms with Gasteiger partial charge in [-0.15, -0.1) is 0 Å². The van der Waals surface area contributed by atoms with E-state index in [0.29, 0.717) is 5.95 Å². The molecule has 12 aromatic rings. The van der Waals surface area contributed by atoms with Crippen molar-refractivity contribution in [3.8, 4) is 22.9 Å². The average molecular weight is 687 g/mol. The fourth-order valence-corrected chi connectivity index (χ4v) is 9.13. The first-order valence-electron chi connectivity index (χ1n) is 18.4. The summed E-state index contributed by atoms with van der Waals surface area (Å²) in [5, 5.41) is 13.3. The molecule has 0 spiro atoms.